The quantitative estimate of drug-likeness (QED) is 0.784. The molecule has 1 aromatic heterocycles. The minimum atomic E-state index is -0.396. The molecule has 5 nitrogen and oxygen atoms in total. The van der Waals surface area contributed by atoms with E-state index in [-0.39, 0.29) is 24.3 Å². The monoisotopic (exact) mass is 309 g/mol. The lowest BCUT2D eigenvalue weighted by Gasteiger charge is -2.24. The molecular formula is C15H23N3O2S. The Morgan fingerprint density at radius 3 is 2.67 bits per heavy atom. The summed E-state index contributed by atoms with van der Waals surface area (Å²) in [5, 5.41) is 4.15. The van der Waals surface area contributed by atoms with Crippen molar-refractivity contribution < 1.29 is 9.59 Å². The van der Waals surface area contributed by atoms with Crippen LogP contribution in [0.15, 0.2) is 6.20 Å². The van der Waals surface area contributed by atoms with Gasteiger partial charge < -0.3 is 0 Å². The van der Waals surface area contributed by atoms with E-state index < -0.39 is 6.04 Å². The predicted molar refractivity (Wildman–Crippen MR) is 83.0 cm³/mol. The highest BCUT2D eigenvalue weighted by molar-refractivity contribution is 7.11. The molecule has 2 heterocycles. The highest BCUT2D eigenvalue weighted by atomic mass is 32.1. The molecule has 1 aromatic rings. The van der Waals surface area contributed by atoms with Crippen LogP contribution in [0.1, 0.15) is 49.9 Å². The highest BCUT2D eigenvalue weighted by Crippen LogP contribution is 2.21. The molecule has 1 aliphatic heterocycles. The number of hydrogen-bond donors (Lipinski definition) is 1. The van der Waals surface area contributed by atoms with Gasteiger partial charge in [-0.05, 0) is 19.3 Å². The summed E-state index contributed by atoms with van der Waals surface area (Å²) in [6, 6.07) is -0.365. The standard InChI is InChI=1S/C15H23N3O2S/c1-4-10(5-2)18-14(19)7-12(15(18)20)16-9-13-17-8-11(6-3)21-13/h8,10,12,16H,4-7,9H2,1-3H3. The van der Waals surface area contributed by atoms with E-state index in [0.29, 0.717) is 6.54 Å². The summed E-state index contributed by atoms with van der Waals surface area (Å²) >= 11 is 1.65. The van der Waals surface area contributed by atoms with Gasteiger partial charge in [0.1, 0.15) is 5.01 Å². The summed E-state index contributed by atoms with van der Waals surface area (Å²) in [6.07, 6.45) is 4.74. The Balaban J connectivity index is 1.95. The zero-order valence-corrected chi connectivity index (χ0v) is 13.7. The van der Waals surface area contributed by atoms with Crippen molar-refractivity contribution in [2.24, 2.45) is 0 Å². The largest absolute Gasteiger partial charge is 0.299 e. The van der Waals surface area contributed by atoms with Gasteiger partial charge in [0.15, 0.2) is 0 Å². The molecule has 116 valence electrons. The number of imide groups is 1. The van der Waals surface area contributed by atoms with Gasteiger partial charge in [-0.1, -0.05) is 20.8 Å². The number of aromatic nitrogens is 1. The van der Waals surface area contributed by atoms with Crippen LogP contribution in [0.3, 0.4) is 0 Å². The van der Waals surface area contributed by atoms with Crippen LogP contribution in [0.5, 0.6) is 0 Å². The number of nitrogens with zero attached hydrogens (tertiary/aromatic N) is 2. The fourth-order valence-corrected chi connectivity index (χ4v) is 3.46. The van der Waals surface area contributed by atoms with E-state index in [9.17, 15) is 9.59 Å². The lowest BCUT2D eigenvalue weighted by molar-refractivity contribution is -0.141. The molecule has 0 aromatic carbocycles. The first-order valence-electron chi connectivity index (χ1n) is 7.63. The third-order valence-corrected chi connectivity index (χ3v) is 5.08. The lowest BCUT2D eigenvalue weighted by Crippen LogP contribution is -2.43. The Hall–Kier alpha value is -1.27. The van der Waals surface area contributed by atoms with Crippen molar-refractivity contribution >= 4 is 23.2 Å². The fraction of sp³-hybridized carbons (Fsp3) is 0.667. The van der Waals surface area contributed by atoms with Crippen molar-refractivity contribution in [3.05, 3.63) is 16.1 Å². The van der Waals surface area contributed by atoms with Crippen molar-refractivity contribution in [3.63, 3.8) is 0 Å². The van der Waals surface area contributed by atoms with E-state index in [1.54, 1.807) is 11.3 Å². The summed E-state index contributed by atoms with van der Waals surface area (Å²) in [4.78, 5) is 31.5. The van der Waals surface area contributed by atoms with Crippen molar-refractivity contribution in [2.75, 3.05) is 0 Å². The van der Waals surface area contributed by atoms with Crippen LogP contribution in [0.4, 0.5) is 0 Å². The molecule has 2 amide bonds. The van der Waals surface area contributed by atoms with Gasteiger partial charge in [-0.2, -0.15) is 0 Å². The van der Waals surface area contributed by atoms with Crippen molar-refractivity contribution in [3.8, 4) is 0 Å². The second kappa shape index (κ2) is 7.13. The maximum atomic E-state index is 12.4. The van der Waals surface area contributed by atoms with Gasteiger partial charge in [0.25, 0.3) is 0 Å². The molecule has 1 aliphatic rings. The molecule has 21 heavy (non-hydrogen) atoms. The molecule has 1 N–H and O–H groups in total. The zero-order chi connectivity index (χ0) is 15.4. The SMILES string of the molecule is CCc1cnc(CNC2CC(=O)N(C(CC)CC)C2=O)s1. The Kier molecular flexibility index (Phi) is 5.47. The number of thiazole rings is 1. The molecule has 6 heteroatoms. The number of nitrogens with one attached hydrogen (secondary N) is 1. The van der Waals surface area contributed by atoms with Gasteiger partial charge in [0.05, 0.1) is 12.5 Å². The van der Waals surface area contributed by atoms with Gasteiger partial charge in [-0.25, -0.2) is 4.98 Å². The smallest absolute Gasteiger partial charge is 0.247 e. The number of carbonyl (C=O) groups is 2. The third kappa shape index (κ3) is 3.49. The second-order valence-corrected chi connectivity index (χ2v) is 6.48. The van der Waals surface area contributed by atoms with E-state index >= 15 is 0 Å². The first-order chi connectivity index (χ1) is 10.1. The minimum Gasteiger partial charge on any atom is -0.299 e. The van der Waals surface area contributed by atoms with Crippen LogP contribution >= 0.6 is 11.3 Å². The normalized spacial score (nSPS) is 19.0. The van der Waals surface area contributed by atoms with Gasteiger partial charge in [-0.3, -0.25) is 19.8 Å². The minimum absolute atomic E-state index is 0.0309. The predicted octanol–water partition coefficient (Wildman–Crippen LogP) is 2.11. The van der Waals surface area contributed by atoms with Crippen LogP contribution in [0.2, 0.25) is 0 Å². The zero-order valence-electron chi connectivity index (χ0n) is 12.9. The number of rotatable bonds is 7. The number of likely N-dealkylation sites (tertiary alicyclic amines) is 1. The summed E-state index contributed by atoms with van der Waals surface area (Å²) in [5.41, 5.74) is 0. The maximum absolute atomic E-state index is 12.4. The van der Waals surface area contributed by atoms with E-state index in [4.69, 9.17) is 0 Å². The molecule has 0 aliphatic carbocycles. The maximum Gasteiger partial charge on any atom is 0.247 e. The lowest BCUT2D eigenvalue weighted by atomic mass is 10.1. The number of aryl methyl sites for hydroxylation is 1. The van der Waals surface area contributed by atoms with Gasteiger partial charge in [0.2, 0.25) is 11.8 Å². The average molecular weight is 309 g/mol. The fourth-order valence-electron chi connectivity index (χ4n) is 2.65. The first kappa shape index (κ1) is 16.1. The Morgan fingerprint density at radius 1 is 1.38 bits per heavy atom. The molecule has 1 saturated heterocycles. The van der Waals surface area contributed by atoms with Gasteiger partial charge in [0, 0.05) is 23.7 Å². The van der Waals surface area contributed by atoms with Crippen molar-refractivity contribution in [2.45, 2.75) is 65.1 Å². The van der Waals surface area contributed by atoms with E-state index in [2.05, 4.69) is 17.2 Å². The molecule has 2 rings (SSSR count). The summed E-state index contributed by atoms with van der Waals surface area (Å²) < 4.78 is 0. The van der Waals surface area contributed by atoms with Gasteiger partial charge >= 0.3 is 0 Å². The molecule has 0 radical (unpaired) electrons. The number of hydrogen-bond acceptors (Lipinski definition) is 5. The molecule has 1 fully saturated rings. The molecule has 0 spiro atoms. The topological polar surface area (TPSA) is 62.3 Å². The van der Waals surface area contributed by atoms with Crippen molar-refractivity contribution in [1.29, 1.82) is 0 Å². The van der Waals surface area contributed by atoms with Gasteiger partial charge in [-0.15, -0.1) is 11.3 Å². The Morgan fingerprint density at radius 2 is 2.10 bits per heavy atom. The van der Waals surface area contributed by atoms with E-state index in [1.165, 1.54) is 9.78 Å². The van der Waals surface area contributed by atoms with Crippen LogP contribution in [0.25, 0.3) is 0 Å². The van der Waals surface area contributed by atoms with Crippen molar-refractivity contribution in [1.82, 2.24) is 15.2 Å². The summed E-state index contributed by atoms with van der Waals surface area (Å²) in [5.74, 6) is -0.138. The number of carbonyl (C=O) groups excluding carboxylic acids is 2. The summed E-state index contributed by atoms with van der Waals surface area (Å²) in [6.45, 7) is 6.66. The molecular weight excluding hydrogens is 286 g/mol. The molecule has 0 saturated carbocycles. The Labute approximate surface area is 129 Å². The van der Waals surface area contributed by atoms with Crippen LogP contribution < -0.4 is 5.32 Å². The van der Waals surface area contributed by atoms with E-state index in [0.717, 1.165) is 24.3 Å². The molecule has 0 bridgehead atoms. The average Bonchev–Trinajstić information content (AvgIpc) is 3.05. The number of amides is 2. The second-order valence-electron chi connectivity index (χ2n) is 5.28. The molecule has 1 atom stereocenters. The molecule has 1 unspecified atom stereocenters. The van der Waals surface area contributed by atoms with E-state index in [1.807, 2.05) is 20.0 Å². The highest BCUT2D eigenvalue weighted by Gasteiger charge is 2.41. The summed E-state index contributed by atoms with van der Waals surface area (Å²) in [7, 11) is 0. The Bertz CT molecular complexity index is 511. The third-order valence-electron chi connectivity index (χ3n) is 3.94. The van der Waals surface area contributed by atoms with Crippen LogP contribution in [0, 0.1) is 0 Å². The van der Waals surface area contributed by atoms with Crippen LogP contribution in [-0.2, 0) is 22.6 Å². The first-order valence-corrected chi connectivity index (χ1v) is 8.45. The van der Waals surface area contributed by atoms with Crippen LogP contribution in [-0.4, -0.2) is 33.8 Å².